The van der Waals surface area contributed by atoms with Gasteiger partial charge in [-0.15, -0.1) is 0 Å². The van der Waals surface area contributed by atoms with Crippen molar-refractivity contribution in [2.75, 3.05) is 39.3 Å². The van der Waals surface area contributed by atoms with Crippen LogP contribution in [0.25, 0.3) is 0 Å². The van der Waals surface area contributed by atoms with Crippen LogP contribution in [0.1, 0.15) is 27.2 Å². The second kappa shape index (κ2) is 7.07. The SMILES string of the molecule is CC(C)(C)OC(=O)N1CCN(CC(O)CCN)CC1. The lowest BCUT2D eigenvalue weighted by Gasteiger charge is -2.36. The van der Waals surface area contributed by atoms with Gasteiger partial charge in [0.05, 0.1) is 6.10 Å². The molecule has 1 heterocycles. The number of carbonyl (C=O) groups excluding carboxylic acids is 1. The quantitative estimate of drug-likeness (QED) is 0.767. The Balaban J connectivity index is 2.30. The number of amides is 1. The Morgan fingerprint density at radius 3 is 2.37 bits per heavy atom. The molecule has 0 bridgehead atoms. The average Bonchev–Trinajstić information content (AvgIpc) is 2.27. The summed E-state index contributed by atoms with van der Waals surface area (Å²) in [6, 6.07) is 0. The first kappa shape index (κ1) is 16.2. The third kappa shape index (κ3) is 6.22. The number of nitrogens with zero attached hydrogens (tertiary/aromatic N) is 2. The van der Waals surface area contributed by atoms with Crippen LogP contribution in [-0.4, -0.2) is 72.0 Å². The summed E-state index contributed by atoms with van der Waals surface area (Å²) in [7, 11) is 0. The minimum Gasteiger partial charge on any atom is -0.444 e. The van der Waals surface area contributed by atoms with Crippen LogP contribution >= 0.6 is 0 Å². The molecular formula is C13H27N3O3. The number of aliphatic hydroxyl groups excluding tert-OH is 1. The fourth-order valence-corrected chi connectivity index (χ4v) is 2.02. The van der Waals surface area contributed by atoms with Crippen LogP contribution in [-0.2, 0) is 4.74 Å². The minimum absolute atomic E-state index is 0.255. The Labute approximate surface area is 115 Å². The number of hydrogen-bond donors (Lipinski definition) is 2. The van der Waals surface area contributed by atoms with E-state index in [9.17, 15) is 9.90 Å². The van der Waals surface area contributed by atoms with Gasteiger partial charge < -0.3 is 20.5 Å². The van der Waals surface area contributed by atoms with Gasteiger partial charge in [0.15, 0.2) is 0 Å². The van der Waals surface area contributed by atoms with E-state index in [-0.39, 0.29) is 12.2 Å². The third-order valence-electron chi connectivity index (χ3n) is 2.99. The maximum Gasteiger partial charge on any atom is 0.410 e. The Hall–Kier alpha value is -0.850. The highest BCUT2D eigenvalue weighted by Crippen LogP contribution is 2.12. The maximum absolute atomic E-state index is 11.9. The van der Waals surface area contributed by atoms with Crippen molar-refractivity contribution in [3.63, 3.8) is 0 Å². The molecule has 0 spiro atoms. The van der Waals surface area contributed by atoms with Crippen LogP contribution in [0.4, 0.5) is 4.79 Å². The van der Waals surface area contributed by atoms with Crippen molar-refractivity contribution in [1.82, 2.24) is 9.80 Å². The second-order valence-electron chi connectivity index (χ2n) is 6.00. The molecule has 1 unspecified atom stereocenters. The number of hydrogen-bond acceptors (Lipinski definition) is 5. The first-order chi connectivity index (χ1) is 8.81. The predicted molar refractivity (Wildman–Crippen MR) is 73.9 cm³/mol. The highest BCUT2D eigenvalue weighted by molar-refractivity contribution is 5.68. The van der Waals surface area contributed by atoms with Crippen LogP contribution in [0, 0.1) is 0 Å². The lowest BCUT2D eigenvalue weighted by molar-refractivity contribution is 0.00997. The lowest BCUT2D eigenvalue weighted by Crippen LogP contribution is -2.51. The molecule has 0 aromatic carbocycles. The summed E-state index contributed by atoms with van der Waals surface area (Å²) in [4.78, 5) is 15.7. The summed E-state index contributed by atoms with van der Waals surface area (Å²) in [5, 5.41) is 9.70. The highest BCUT2D eigenvalue weighted by Gasteiger charge is 2.26. The van der Waals surface area contributed by atoms with Crippen molar-refractivity contribution < 1.29 is 14.6 Å². The monoisotopic (exact) mass is 273 g/mol. The maximum atomic E-state index is 11.9. The van der Waals surface area contributed by atoms with E-state index in [1.165, 1.54) is 0 Å². The normalized spacial score (nSPS) is 19.3. The third-order valence-corrected chi connectivity index (χ3v) is 2.99. The van der Waals surface area contributed by atoms with Crippen molar-refractivity contribution in [2.24, 2.45) is 5.73 Å². The zero-order valence-corrected chi connectivity index (χ0v) is 12.3. The van der Waals surface area contributed by atoms with E-state index in [0.717, 1.165) is 13.1 Å². The molecular weight excluding hydrogens is 246 g/mol. The number of carbonyl (C=O) groups is 1. The molecule has 0 radical (unpaired) electrons. The largest absolute Gasteiger partial charge is 0.444 e. The highest BCUT2D eigenvalue weighted by atomic mass is 16.6. The molecule has 0 saturated carbocycles. The molecule has 0 aromatic heterocycles. The van der Waals surface area contributed by atoms with E-state index < -0.39 is 5.60 Å². The molecule has 112 valence electrons. The molecule has 0 aromatic rings. The smallest absolute Gasteiger partial charge is 0.410 e. The topological polar surface area (TPSA) is 79.0 Å². The molecule has 1 rings (SSSR count). The van der Waals surface area contributed by atoms with Crippen molar-refractivity contribution in [3.05, 3.63) is 0 Å². The van der Waals surface area contributed by atoms with Crippen LogP contribution in [0.15, 0.2) is 0 Å². The van der Waals surface area contributed by atoms with E-state index >= 15 is 0 Å². The number of rotatable bonds is 4. The van der Waals surface area contributed by atoms with E-state index in [1.54, 1.807) is 4.90 Å². The summed E-state index contributed by atoms with van der Waals surface area (Å²) in [5.41, 5.74) is 4.95. The van der Waals surface area contributed by atoms with Gasteiger partial charge in [-0.05, 0) is 33.7 Å². The van der Waals surface area contributed by atoms with E-state index in [2.05, 4.69) is 4.90 Å². The van der Waals surface area contributed by atoms with Gasteiger partial charge >= 0.3 is 6.09 Å². The van der Waals surface area contributed by atoms with Gasteiger partial charge in [-0.2, -0.15) is 0 Å². The van der Waals surface area contributed by atoms with Crippen LogP contribution in [0.5, 0.6) is 0 Å². The fraction of sp³-hybridized carbons (Fsp3) is 0.923. The standard InChI is InChI=1S/C13H27N3O3/c1-13(2,3)19-12(18)16-8-6-15(7-9-16)10-11(17)4-5-14/h11,17H,4-10,14H2,1-3H3. The molecule has 1 aliphatic heterocycles. The Kier molecular flexibility index (Phi) is 6.03. The lowest BCUT2D eigenvalue weighted by atomic mass is 10.2. The van der Waals surface area contributed by atoms with Crippen LogP contribution < -0.4 is 5.73 Å². The fourth-order valence-electron chi connectivity index (χ4n) is 2.02. The van der Waals surface area contributed by atoms with Gasteiger partial charge in [0.25, 0.3) is 0 Å². The van der Waals surface area contributed by atoms with Crippen LogP contribution in [0.3, 0.4) is 0 Å². The molecule has 1 saturated heterocycles. The summed E-state index contributed by atoms with van der Waals surface area (Å²) in [6.45, 7) is 9.54. The zero-order chi connectivity index (χ0) is 14.5. The van der Waals surface area contributed by atoms with Gasteiger partial charge in [0.1, 0.15) is 5.60 Å². The number of β-amino-alcohol motifs (C(OH)–C–C–N with tert-alkyl or cyclic N) is 1. The summed E-state index contributed by atoms with van der Waals surface area (Å²) in [6.07, 6.45) is -0.0144. The molecule has 19 heavy (non-hydrogen) atoms. The molecule has 0 aliphatic carbocycles. The number of nitrogens with two attached hydrogens (primary N) is 1. The van der Waals surface area contributed by atoms with Gasteiger partial charge in [0, 0.05) is 32.7 Å². The molecule has 1 atom stereocenters. The number of ether oxygens (including phenoxy) is 1. The molecule has 1 fully saturated rings. The Morgan fingerprint density at radius 1 is 1.32 bits per heavy atom. The number of aliphatic hydroxyl groups is 1. The van der Waals surface area contributed by atoms with Gasteiger partial charge in [-0.1, -0.05) is 0 Å². The summed E-state index contributed by atoms with van der Waals surface area (Å²) < 4.78 is 5.33. The number of piperazine rings is 1. The van der Waals surface area contributed by atoms with Crippen molar-refractivity contribution in [3.8, 4) is 0 Å². The van der Waals surface area contributed by atoms with Gasteiger partial charge in [-0.3, -0.25) is 4.90 Å². The Bertz CT molecular complexity index is 283. The summed E-state index contributed by atoms with van der Waals surface area (Å²) >= 11 is 0. The Morgan fingerprint density at radius 2 is 1.89 bits per heavy atom. The molecule has 6 nitrogen and oxygen atoms in total. The average molecular weight is 273 g/mol. The van der Waals surface area contributed by atoms with Gasteiger partial charge in [0.2, 0.25) is 0 Å². The zero-order valence-electron chi connectivity index (χ0n) is 12.3. The van der Waals surface area contributed by atoms with Crippen molar-refractivity contribution in [2.45, 2.75) is 38.9 Å². The second-order valence-corrected chi connectivity index (χ2v) is 6.00. The first-order valence-corrected chi connectivity index (χ1v) is 6.90. The van der Waals surface area contributed by atoms with Crippen LogP contribution in [0.2, 0.25) is 0 Å². The van der Waals surface area contributed by atoms with Crippen molar-refractivity contribution in [1.29, 1.82) is 0 Å². The predicted octanol–water partition coefficient (Wildman–Crippen LogP) is 0.249. The minimum atomic E-state index is -0.453. The van der Waals surface area contributed by atoms with E-state index in [0.29, 0.717) is 32.6 Å². The first-order valence-electron chi connectivity index (χ1n) is 6.90. The van der Waals surface area contributed by atoms with Crippen molar-refractivity contribution >= 4 is 6.09 Å². The molecule has 1 aliphatic rings. The molecule has 6 heteroatoms. The molecule has 3 N–H and O–H groups in total. The summed E-state index contributed by atoms with van der Waals surface area (Å²) in [5.74, 6) is 0. The van der Waals surface area contributed by atoms with E-state index in [4.69, 9.17) is 10.5 Å². The van der Waals surface area contributed by atoms with E-state index in [1.807, 2.05) is 20.8 Å². The van der Waals surface area contributed by atoms with Gasteiger partial charge in [-0.25, -0.2) is 4.79 Å². The molecule has 1 amide bonds.